The number of benzene rings is 2. The lowest BCUT2D eigenvalue weighted by atomic mass is 9.97. The molecule has 9 nitrogen and oxygen atoms in total. The summed E-state index contributed by atoms with van der Waals surface area (Å²) in [5.41, 5.74) is 0.357. The van der Waals surface area contributed by atoms with E-state index >= 15 is 0 Å². The molecule has 2 aromatic carbocycles. The summed E-state index contributed by atoms with van der Waals surface area (Å²) in [5, 5.41) is 17.3. The number of amides is 1. The van der Waals surface area contributed by atoms with Gasteiger partial charge in [0.15, 0.2) is 5.11 Å². The Morgan fingerprint density at radius 3 is 2.33 bits per heavy atom. The quantitative estimate of drug-likeness (QED) is 0.233. The number of hydroxylamine groups is 2. The standard InChI is InChI=1S/C25H32Cl2FN4O5S2Si/c1-25(2,3)40(4,5)37-21-19(30-24(38)29-18-8-6-7-17(28)20(18)27)10-9-16(26)22(21)39(35,36)31-23(33)15-11-13-32(34)14-12-15/h6-10,15H,11-14H2,1-5H3,(H,31,33)(H2,29,30,38)/q-1. The summed E-state index contributed by atoms with van der Waals surface area (Å²) in [6.45, 7) is 10.1. The Labute approximate surface area is 250 Å². The van der Waals surface area contributed by atoms with E-state index in [1.54, 1.807) is 0 Å². The summed E-state index contributed by atoms with van der Waals surface area (Å²) in [6.07, 6.45) is 0.464. The summed E-state index contributed by atoms with van der Waals surface area (Å²) < 4.78 is 49.8. The minimum absolute atomic E-state index is 0.0216. The molecule has 0 spiro atoms. The van der Waals surface area contributed by atoms with Gasteiger partial charge >= 0.3 is 0 Å². The van der Waals surface area contributed by atoms with Gasteiger partial charge in [-0.05, 0) is 80.5 Å². The molecule has 0 saturated carbocycles. The van der Waals surface area contributed by atoms with Crippen molar-refractivity contribution >= 4 is 76.2 Å². The summed E-state index contributed by atoms with van der Waals surface area (Å²) >= 11 is 17.9. The number of carbonyl (C=O) groups excluding carboxylic acids is 1. The molecule has 1 heterocycles. The molecule has 0 atom stereocenters. The van der Waals surface area contributed by atoms with Crippen molar-refractivity contribution in [2.75, 3.05) is 23.7 Å². The molecule has 0 bridgehead atoms. The minimum atomic E-state index is -4.53. The van der Waals surface area contributed by atoms with E-state index in [1.807, 2.05) is 33.9 Å². The number of hydrogen-bond donors (Lipinski definition) is 3. The Morgan fingerprint density at radius 1 is 1.12 bits per heavy atom. The van der Waals surface area contributed by atoms with Crippen LogP contribution >= 0.6 is 35.4 Å². The highest BCUT2D eigenvalue weighted by atomic mass is 35.5. The van der Waals surface area contributed by atoms with Crippen LogP contribution < -0.4 is 19.8 Å². The van der Waals surface area contributed by atoms with Gasteiger partial charge in [0.25, 0.3) is 18.3 Å². The van der Waals surface area contributed by atoms with Crippen LogP contribution in [-0.2, 0) is 14.8 Å². The lowest BCUT2D eigenvalue weighted by Crippen LogP contribution is -2.45. The number of sulfonamides is 1. The van der Waals surface area contributed by atoms with Crippen molar-refractivity contribution in [2.24, 2.45) is 5.92 Å². The van der Waals surface area contributed by atoms with Crippen LogP contribution in [0.5, 0.6) is 5.75 Å². The van der Waals surface area contributed by atoms with Crippen LogP contribution in [0.1, 0.15) is 33.6 Å². The molecule has 0 unspecified atom stereocenters. The molecule has 1 aliphatic rings. The third-order valence-electron chi connectivity index (χ3n) is 7.00. The van der Waals surface area contributed by atoms with Crippen molar-refractivity contribution in [1.82, 2.24) is 9.79 Å². The Bertz CT molecular complexity index is 1400. The SMILES string of the molecule is CC(C)(C)[Si](C)(C)Oc1c(NC(=S)Nc2cccc(F)c2Cl)ccc(Cl)c1S(=O)(=O)NC(=O)C1CCN([O-])CC1. The first kappa shape index (κ1) is 32.5. The van der Waals surface area contributed by atoms with E-state index < -0.39 is 40.9 Å². The van der Waals surface area contributed by atoms with Crippen LogP contribution in [-0.4, -0.2) is 45.9 Å². The molecule has 3 N–H and O–H groups in total. The second-order valence-electron chi connectivity index (χ2n) is 11.0. The van der Waals surface area contributed by atoms with E-state index in [0.717, 1.165) is 5.06 Å². The number of halogens is 3. The smallest absolute Gasteiger partial charge is 0.269 e. The zero-order chi connectivity index (χ0) is 30.0. The number of piperidine rings is 1. The Kier molecular flexibility index (Phi) is 10.1. The van der Waals surface area contributed by atoms with Gasteiger partial charge in [-0.15, -0.1) is 0 Å². The first-order valence-corrected chi connectivity index (χ1v) is 18.0. The van der Waals surface area contributed by atoms with E-state index in [9.17, 15) is 22.8 Å². The van der Waals surface area contributed by atoms with Crippen molar-refractivity contribution < 1.29 is 22.0 Å². The van der Waals surface area contributed by atoms with E-state index in [4.69, 9.17) is 39.8 Å². The van der Waals surface area contributed by atoms with Crippen LogP contribution in [0.15, 0.2) is 35.2 Å². The molecule has 1 amide bonds. The van der Waals surface area contributed by atoms with Crippen LogP contribution in [0.25, 0.3) is 0 Å². The van der Waals surface area contributed by atoms with Gasteiger partial charge in [-0.25, -0.2) is 17.5 Å². The minimum Gasteiger partial charge on any atom is -0.785 e. The summed E-state index contributed by atoms with van der Waals surface area (Å²) in [6, 6.07) is 7.02. The van der Waals surface area contributed by atoms with Gasteiger partial charge in [-0.3, -0.25) is 4.79 Å². The molecule has 220 valence electrons. The average Bonchev–Trinajstić information content (AvgIpc) is 2.83. The second-order valence-corrected chi connectivity index (χ2v) is 18.5. The second kappa shape index (κ2) is 12.5. The highest BCUT2D eigenvalue weighted by molar-refractivity contribution is 7.90. The van der Waals surface area contributed by atoms with Crippen LogP contribution in [0, 0.1) is 16.9 Å². The zero-order valence-corrected chi connectivity index (χ0v) is 26.9. The fourth-order valence-corrected chi connectivity index (χ4v) is 6.86. The van der Waals surface area contributed by atoms with Crippen LogP contribution in [0.4, 0.5) is 15.8 Å². The molecule has 1 saturated heterocycles. The lowest BCUT2D eigenvalue weighted by molar-refractivity contribution is -0.124. The maximum Gasteiger partial charge on any atom is 0.269 e. The summed E-state index contributed by atoms with van der Waals surface area (Å²) in [4.78, 5) is 12.5. The van der Waals surface area contributed by atoms with Gasteiger partial charge in [-0.2, -0.15) is 0 Å². The van der Waals surface area contributed by atoms with E-state index in [-0.39, 0.29) is 63.3 Å². The molecule has 2 aromatic rings. The number of nitrogens with one attached hydrogen (secondary N) is 3. The van der Waals surface area contributed by atoms with Crippen molar-refractivity contribution in [3.05, 3.63) is 51.4 Å². The predicted octanol–water partition coefficient (Wildman–Crippen LogP) is 6.34. The van der Waals surface area contributed by atoms with Gasteiger partial charge < -0.3 is 25.3 Å². The Hall–Kier alpha value is -2.00. The molecular weight excluding hydrogens is 618 g/mol. The average molecular weight is 651 g/mol. The number of nitrogens with zero attached hydrogens (tertiary/aromatic N) is 1. The van der Waals surface area contributed by atoms with E-state index in [0.29, 0.717) is 0 Å². The van der Waals surface area contributed by atoms with Gasteiger partial charge in [0.1, 0.15) is 16.5 Å². The third-order valence-corrected chi connectivity index (χ3v) is 13.8. The van der Waals surface area contributed by atoms with Gasteiger partial charge in [0.05, 0.1) is 21.4 Å². The molecule has 1 aliphatic heterocycles. The zero-order valence-electron chi connectivity index (χ0n) is 22.7. The van der Waals surface area contributed by atoms with Gasteiger partial charge in [0, 0.05) is 5.92 Å². The maximum absolute atomic E-state index is 13.9. The van der Waals surface area contributed by atoms with Crippen LogP contribution in [0.2, 0.25) is 28.2 Å². The fourth-order valence-electron chi connectivity index (χ4n) is 3.66. The molecule has 0 aliphatic carbocycles. The highest BCUT2D eigenvalue weighted by Gasteiger charge is 2.42. The molecule has 0 aromatic heterocycles. The molecule has 3 rings (SSSR count). The summed E-state index contributed by atoms with van der Waals surface area (Å²) in [5.74, 6) is -2.12. The first-order valence-electron chi connectivity index (χ1n) is 12.4. The maximum atomic E-state index is 13.9. The monoisotopic (exact) mass is 649 g/mol. The number of carbonyl (C=O) groups is 1. The largest absolute Gasteiger partial charge is 0.785 e. The van der Waals surface area contributed by atoms with Crippen molar-refractivity contribution in [1.29, 1.82) is 0 Å². The van der Waals surface area contributed by atoms with Crippen molar-refractivity contribution in [3.8, 4) is 5.75 Å². The lowest BCUT2D eigenvalue weighted by Gasteiger charge is -2.38. The first-order chi connectivity index (χ1) is 18.4. The van der Waals surface area contributed by atoms with E-state index in [2.05, 4.69) is 15.4 Å². The number of rotatable bonds is 7. The van der Waals surface area contributed by atoms with Gasteiger partial charge in [-0.1, -0.05) is 50.0 Å². The van der Waals surface area contributed by atoms with E-state index in [1.165, 1.54) is 30.3 Å². The van der Waals surface area contributed by atoms with Crippen molar-refractivity contribution in [3.63, 3.8) is 0 Å². The molecule has 40 heavy (non-hydrogen) atoms. The van der Waals surface area contributed by atoms with Crippen LogP contribution in [0.3, 0.4) is 0 Å². The number of hydrogen-bond acceptors (Lipinski definition) is 7. The number of anilines is 2. The Morgan fingerprint density at radius 2 is 1.73 bits per heavy atom. The topological polar surface area (TPSA) is 123 Å². The van der Waals surface area contributed by atoms with Crippen molar-refractivity contribution in [2.45, 2.75) is 56.6 Å². The normalized spacial score (nSPS) is 15.4. The molecule has 15 heteroatoms. The predicted molar refractivity (Wildman–Crippen MR) is 164 cm³/mol. The highest BCUT2D eigenvalue weighted by Crippen LogP contribution is 2.44. The molecular formula is C25H32Cl2FN4O5S2Si-. The number of thiocarbonyl (C=S) groups is 1. The Balaban J connectivity index is 2.03. The van der Waals surface area contributed by atoms with Gasteiger partial charge in [0.2, 0.25) is 5.91 Å². The fraction of sp³-hybridized carbons (Fsp3) is 0.440. The molecule has 0 radical (unpaired) electrons. The third kappa shape index (κ3) is 7.63. The summed E-state index contributed by atoms with van der Waals surface area (Å²) in [7, 11) is -7.21. The molecule has 1 fully saturated rings.